The van der Waals surface area contributed by atoms with Gasteiger partial charge in [0.1, 0.15) is 5.03 Å². The van der Waals surface area contributed by atoms with Gasteiger partial charge in [0.25, 0.3) is 0 Å². The molecule has 0 spiro atoms. The number of aromatic amines is 1. The molecule has 0 aliphatic heterocycles. The van der Waals surface area contributed by atoms with Crippen molar-refractivity contribution >= 4 is 23.4 Å². The molecule has 0 bridgehead atoms. The van der Waals surface area contributed by atoms with Crippen LogP contribution in [0.5, 0.6) is 0 Å². The molecule has 102 valence electrons. The zero-order valence-corrected chi connectivity index (χ0v) is 12.2. The maximum absolute atomic E-state index is 6.16. The number of nitrogens with one attached hydrogen (secondary N) is 1. The van der Waals surface area contributed by atoms with Gasteiger partial charge in [-0.1, -0.05) is 41.9 Å². The summed E-state index contributed by atoms with van der Waals surface area (Å²) in [5.74, 6) is 1.28. The quantitative estimate of drug-likeness (QED) is 0.750. The Morgan fingerprint density at radius 1 is 1.30 bits per heavy atom. The van der Waals surface area contributed by atoms with Gasteiger partial charge in [-0.3, -0.25) is 4.68 Å². The minimum atomic E-state index is 0.379. The first-order valence-electron chi connectivity index (χ1n) is 5.88. The van der Waals surface area contributed by atoms with Crippen LogP contribution in [-0.4, -0.2) is 30.4 Å². The van der Waals surface area contributed by atoms with Crippen molar-refractivity contribution in [2.24, 2.45) is 7.05 Å². The number of H-pyrrole nitrogens is 1. The van der Waals surface area contributed by atoms with E-state index in [2.05, 4.69) is 37.9 Å². The highest BCUT2D eigenvalue weighted by Gasteiger charge is 2.20. The summed E-state index contributed by atoms with van der Waals surface area (Å²) < 4.78 is 1.74. The number of aryl methyl sites for hydroxylation is 1. The standard InChI is InChI=1S/C12H11ClN6S/c1-19-12(20-7-8-5-3-2-4-6-8)9(10(13)16-19)11-14-17-18-15-11/h2-6H,7H2,1H3,(H,14,15,17,18). The van der Waals surface area contributed by atoms with E-state index in [4.69, 9.17) is 11.6 Å². The summed E-state index contributed by atoms with van der Waals surface area (Å²) in [6.07, 6.45) is 0. The Morgan fingerprint density at radius 2 is 2.10 bits per heavy atom. The van der Waals surface area contributed by atoms with Crippen molar-refractivity contribution in [3.05, 3.63) is 41.0 Å². The molecule has 1 N–H and O–H groups in total. The van der Waals surface area contributed by atoms with Crippen LogP contribution in [0.4, 0.5) is 0 Å². The van der Waals surface area contributed by atoms with Crippen LogP contribution in [0.25, 0.3) is 11.4 Å². The monoisotopic (exact) mass is 306 g/mol. The lowest BCUT2D eigenvalue weighted by Gasteiger charge is -2.04. The molecule has 2 aromatic heterocycles. The van der Waals surface area contributed by atoms with Gasteiger partial charge >= 0.3 is 0 Å². The molecule has 0 fully saturated rings. The predicted octanol–water partition coefficient (Wildman–Crippen LogP) is 2.55. The second-order valence-corrected chi connectivity index (χ2v) is 5.43. The Kier molecular flexibility index (Phi) is 3.70. The second-order valence-electron chi connectivity index (χ2n) is 4.10. The third-order valence-corrected chi connectivity index (χ3v) is 4.22. The summed E-state index contributed by atoms with van der Waals surface area (Å²) in [5, 5.41) is 19.5. The third kappa shape index (κ3) is 2.54. The Balaban J connectivity index is 1.90. The number of hydrogen-bond donors (Lipinski definition) is 1. The number of aromatic nitrogens is 6. The molecule has 3 aromatic rings. The number of benzene rings is 1. The zero-order valence-electron chi connectivity index (χ0n) is 10.6. The molecule has 0 unspecified atom stereocenters. The van der Waals surface area contributed by atoms with E-state index in [1.54, 1.807) is 16.4 Å². The van der Waals surface area contributed by atoms with Gasteiger partial charge in [0, 0.05) is 12.8 Å². The molecule has 2 heterocycles. The molecular formula is C12H11ClN6S. The van der Waals surface area contributed by atoms with E-state index in [-0.39, 0.29) is 0 Å². The fourth-order valence-corrected chi connectivity index (χ4v) is 3.22. The molecule has 6 nitrogen and oxygen atoms in total. The third-order valence-electron chi connectivity index (χ3n) is 2.74. The molecule has 0 radical (unpaired) electrons. The van der Waals surface area contributed by atoms with E-state index in [0.717, 1.165) is 10.8 Å². The predicted molar refractivity (Wildman–Crippen MR) is 77.4 cm³/mol. The normalized spacial score (nSPS) is 10.9. The van der Waals surface area contributed by atoms with E-state index in [1.807, 2.05) is 25.2 Å². The van der Waals surface area contributed by atoms with Crippen LogP contribution in [0, 0.1) is 0 Å². The first-order chi connectivity index (χ1) is 9.75. The number of tetrazole rings is 1. The van der Waals surface area contributed by atoms with Gasteiger partial charge in [-0.2, -0.15) is 10.3 Å². The lowest BCUT2D eigenvalue weighted by atomic mass is 10.2. The van der Waals surface area contributed by atoms with Crippen LogP contribution < -0.4 is 0 Å². The number of rotatable bonds is 4. The average Bonchev–Trinajstić information content (AvgIpc) is 3.05. The molecule has 8 heteroatoms. The Hall–Kier alpha value is -1.86. The topological polar surface area (TPSA) is 72.3 Å². The molecular weight excluding hydrogens is 296 g/mol. The zero-order chi connectivity index (χ0) is 13.9. The fourth-order valence-electron chi connectivity index (χ4n) is 1.82. The lowest BCUT2D eigenvalue weighted by Crippen LogP contribution is -1.94. The SMILES string of the molecule is Cn1nc(Cl)c(-c2nn[nH]n2)c1SCc1ccccc1. The second kappa shape index (κ2) is 5.64. The van der Waals surface area contributed by atoms with Crippen LogP contribution in [0.3, 0.4) is 0 Å². The summed E-state index contributed by atoms with van der Waals surface area (Å²) in [4.78, 5) is 0. The van der Waals surface area contributed by atoms with Gasteiger partial charge in [-0.25, -0.2) is 0 Å². The van der Waals surface area contributed by atoms with E-state index in [9.17, 15) is 0 Å². The highest BCUT2D eigenvalue weighted by atomic mass is 35.5. The van der Waals surface area contributed by atoms with Crippen LogP contribution >= 0.6 is 23.4 Å². The molecule has 3 rings (SSSR count). The maximum atomic E-state index is 6.16. The summed E-state index contributed by atoms with van der Waals surface area (Å²) in [6, 6.07) is 10.2. The van der Waals surface area contributed by atoms with Crippen molar-refractivity contribution < 1.29 is 0 Å². The highest BCUT2D eigenvalue weighted by Crippen LogP contribution is 2.35. The first-order valence-corrected chi connectivity index (χ1v) is 7.25. The summed E-state index contributed by atoms with van der Waals surface area (Å²) >= 11 is 7.80. The van der Waals surface area contributed by atoms with Crippen LogP contribution in [0.15, 0.2) is 35.4 Å². The van der Waals surface area contributed by atoms with Crippen LogP contribution in [-0.2, 0) is 12.8 Å². The molecule has 1 aromatic carbocycles. The van der Waals surface area contributed by atoms with Crippen molar-refractivity contribution in [1.29, 1.82) is 0 Å². The van der Waals surface area contributed by atoms with Gasteiger partial charge in [-0.15, -0.1) is 22.0 Å². The van der Waals surface area contributed by atoms with Crippen LogP contribution in [0.1, 0.15) is 5.56 Å². The lowest BCUT2D eigenvalue weighted by molar-refractivity contribution is 0.699. The molecule has 0 saturated heterocycles. The number of thioether (sulfide) groups is 1. The van der Waals surface area contributed by atoms with E-state index in [0.29, 0.717) is 16.5 Å². The first kappa shape index (κ1) is 13.1. The van der Waals surface area contributed by atoms with Crippen molar-refractivity contribution in [2.45, 2.75) is 10.8 Å². The summed E-state index contributed by atoms with van der Waals surface area (Å²) in [6.45, 7) is 0. The Morgan fingerprint density at radius 3 is 2.80 bits per heavy atom. The minimum absolute atomic E-state index is 0.379. The molecule has 0 amide bonds. The fraction of sp³-hybridized carbons (Fsp3) is 0.167. The van der Waals surface area contributed by atoms with Gasteiger partial charge < -0.3 is 0 Å². The largest absolute Gasteiger partial charge is 0.260 e. The van der Waals surface area contributed by atoms with Crippen molar-refractivity contribution in [3.63, 3.8) is 0 Å². The highest BCUT2D eigenvalue weighted by molar-refractivity contribution is 7.98. The van der Waals surface area contributed by atoms with E-state index >= 15 is 0 Å². The van der Waals surface area contributed by atoms with Crippen LogP contribution in [0.2, 0.25) is 5.15 Å². The van der Waals surface area contributed by atoms with E-state index in [1.165, 1.54) is 5.56 Å². The van der Waals surface area contributed by atoms with Crippen molar-refractivity contribution in [1.82, 2.24) is 30.4 Å². The molecule has 0 aliphatic rings. The van der Waals surface area contributed by atoms with Gasteiger partial charge in [0.15, 0.2) is 5.15 Å². The summed E-state index contributed by atoms with van der Waals surface area (Å²) in [7, 11) is 1.85. The number of hydrogen-bond acceptors (Lipinski definition) is 5. The number of nitrogens with zero attached hydrogens (tertiary/aromatic N) is 5. The van der Waals surface area contributed by atoms with Crippen molar-refractivity contribution in [3.8, 4) is 11.4 Å². The maximum Gasteiger partial charge on any atom is 0.210 e. The van der Waals surface area contributed by atoms with Crippen molar-refractivity contribution in [2.75, 3.05) is 0 Å². The molecule has 0 aliphatic carbocycles. The summed E-state index contributed by atoms with van der Waals surface area (Å²) in [5.41, 5.74) is 1.94. The molecule has 20 heavy (non-hydrogen) atoms. The Labute approximate surface area is 124 Å². The molecule has 0 atom stereocenters. The smallest absolute Gasteiger partial charge is 0.210 e. The molecule has 0 saturated carbocycles. The van der Waals surface area contributed by atoms with Gasteiger partial charge in [-0.05, 0) is 10.8 Å². The van der Waals surface area contributed by atoms with E-state index < -0.39 is 0 Å². The Bertz CT molecular complexity index is 694. The average molecular weight is 307 g/mol. The van der Waals surface area contributed by atoms with Gasteiger partial charge in [0.2, 0.25) is 5.82 Å². The van der Waals surface area contributed by atoms with Gasteiger partial charge in [0.05, 0.1) is 5.56 Å². The minimum Gasteiger partial charge on any atom is -0.260 e. The number of halogens is 1.